The second-order valence-corrected chi connectivity index (χ2v) is 6.50. The number of nitrogens with one attached hydrogen (secondary N) is 1. The standard InChI is InChI=1S/C19H22N4O3/c1-22-6-8-23(9-7-22)15-3-4-16(20-13-15)19(24)21-14-2-5-17-18(12-14)26-11-10-25-17/h2-5,12-13H,6-11H2,1H3,(H,21,24). The molecule has 3 heterocycles. The summed E-state index contributed by atoms with van der Waals surface area (Å²) in [5.41, 5.74) is 2.09. The van der Waals surface area contributed by atoms with E-state index in [-0.39, 0.29) is 5.91 Å². The van der Waals surface area contributed by atoms with Crippen LogP contribution in [-0.2, 0) is 0 Å². The molecule has 0 bridgehead atoms. The third-order valence-electron chi connectivity index (χ3n) is 4.65. The van der Waals surface area contributed by atoms with Gasteiger partial charge in [-0.2, -0.15) is 0 Å². The number of piperazine rings is 1. The number of hydrogen-bond donors (Lipinski definition) is 1. The largest absolute Gasteiger partial charge is 0.486 e. The van der Waals surface area contributed by atoms with Crippen LogP contribution in [-0.4, -0.2) is 62.2 Å². The zero-order valence-corrected chi connectivity index (χ0v) is 14.8. The number of carbonyl (C=O) groups excluding carboxylic acids is 1. The fourth-order valence-corrected chi connectivity index (χ4v) is 3.09. The van der Waals surface area contributed by atoms with E-state index >= 15 is 0 Å². The summed E-state index contributed by atoms with van der Waals surface area (Å²) in [5, 5.41) is 2.86. The first-order valence-corrected chi connectivity index (χ1v) is 8.79. The minimum atomic E-state index is -0.244. The van der Waals surface area contributed by atoms with E-state index in [1.807, 2.05) is 6.07 Å². The van der Waals surface area contributed by atoms with Gasteiger partial charge in [-0.1, -0.05) is 0 Å². The van der Waals surface area contributed by atoms with Crippen LogP contribution in [0.3, 0.4) is 0 Å². The highest BCUT2D eigenvalue weighted by Crippen LogP contribution is 2.32. The van der Waals surface area contributed by atoms with Crippen molar-refractivity contribution in [2.24, 2.45) is 0 Å². The molecule has 7 heteroatoms. The van der Waals surface area contributed by atoms with Crippen LogP contribution >= 0.6 is 0 Å². The maximum absolute atomic E-state index is 12.4. The number of hydrogen-bond acceptors (Lipinski definition) is 6. The fourth-order valence-electron chi connectivity index (χ4n) is 3.09. The average molecular weight is 354 g/mol. The van der Waals surface area contributed by atoms with Crippen LogP contribution < -0.4 is 19.7 Å². The Labute approximate surface area is 152 Å². The lowest BCUT2D eigenvalue weighted by molar-refractivity contribution is 0.102. The van der Waals surface area contributed by atoms with E-state index in [0.717, 1.165) is 31.9 Å². The molecule has 4 rings (SSSR count). The van der Waals surface area contributed by atoms with Gasteiger partial charge in [-0.05, 0) is 31.3 Å². The molecule has 0 saturated carbocycles. The topological polar surface area (TPSA) is 66.9 Å². The summed E-state index contributed by atoms with van der Waals surface area (Å²) in [6, 6.07) is 9.08. The molecule has 0 unspecified atom stereocenters. The first kappa shape index (κ1) is 16.7. The SMILES string of the molecule is CN1CCN(c2ccc(C(=O)Nc3ccc4c(c3)OCCO4)nc2)CC1. The minimum Gasteiger partial charge on any atom is -0.486 e. The van der Waals surface area contributed by atoms with Crippen LogP contribution in [0, 0.1) is 0 Å². The highest BCUT2D eigenvalue weighted by molar-refractivity contribution is 6.03. The molecule has 0 aliphatic carbocycles. The number of amides is 1. The number of pyridine rings is 1. The van der Waals surface area contributed by atoms with Gasteiger partial charge in [-0.3, -0.25) is 4.79 Å². The molecule has 1 saturated heterocycles. The maximum Gasteiger partial charge on any atom is 0.274 e. The van der Waals surface area contributed by atoms with E-state index in [2.05, 4.69) is 27.1 Å². The van der Waals surface area contributed by atoms with E-state index in [4.69, 9.17) is 9.47 Å². The van der Waals surface area contributed by atoms with Crippen molar-refractivity contribution in [3.05, 3.63) is 42.2 Å². The number of rotatable bonds is 3. The summed E-state index contributed by atoms with van der Waals surface area (Å²) in [6.45, 7) is 5.07. The summed E-state index contributed by atoms with van der Waals surface area (Å²) in [4.78, 5) is 21.4. The molecule has 1 fully saturated rings. The Bertz CT molecular complexity index is 786. The zero-order valence-electron chi connectivity index (χ0n) is 14.8. The summed E-state index contributed by atoms with van der Waals surface area (Å²) in [6.07, 6.45) is 1.77. The van der Waals surface area contributed by atoms with Gasteiger partial charge < -0.3 is 24.6 Å². The van der Waals surface area contributed by atoms with Crippen LogP contribution in [0.1, 0.15) is 10.5 Å². The van der Waals surface area contributed by atoms with Gasteiger partial charge in [0.05, 0.1) is 11.9 Å². The Balaban J connectivity index is 1.42. The van der Waals surface area contributed by atoms with Crippen LogP contribution in [0.2, 0.25) is 0 Å². The Morgan fingerprint density at radius 2 is 1.81 bits per heavy atom. The van der Waals surface area contributed by atoms with Crippen molar-refractivity contribution in [3.63, 3.8) is 0 Å². The summed E-state index contributed by atoms with van der Waals surface area (Å²) in [5.74, 6) is 1.10. The molecule has 136 valence electrons. The number of likely N-dealkylation sites (N-methyl/N-ethyl adjacent to an activating group) is 1. The van der Waals surface area contributed by atoms with Gasteiger partial charge in [0, 0.05) is 37.9 Å². The first-order valence-electron chi connectivity index (χ1n) is 8.79. The van der Waals surface area contributed by atoms with E-state index in [1.54, 1.807) is 30.5 Å². The molecule has 1 amide bonds. The smallest absolute Gasteiger partial charge is 0.274 e. The molecule has 0 spiro atoms. The number of nitrogens with zero attached hydrogens (tertiary/aromatic N) is 3. The van der Waals surface area contributed by atoms with Crippen molar-refractivity contribution >= 4 is 17.3 Å². The molecular weight excluding hydrogens is 332 g/mol. The highest BCUT2D eigenvalue weighted by Gasteiger charge is 2.16. The summed E-state index contributed by atoms with van der Waals surface area (Å²) < 4.78 is 11.0. The molecule has 0 radical (unpaired) electrons. The van der Waals surface area contributed by atoms with E-state index in [9.17, 15) is 4.79 Å². The molecule has 7 nitrogen and oxygen atoms in total. The third kappa shape index (κ3) is 3.57. The number of benzene rings is 1. The second kappa shape index (κ2) is 7.21. The van der Waals surface area contributed by atoms with Gasteiger partial charge in [0.2, 0.25) is 0 Å². The van der Waals surface area contributed by atoms with Crippen LogP contribution in [0.4, 0.5) is 11.4 Å². The average Bonchev–Trinajstić information content (AvgIpc) is 2.68. The van der Waals surface area contributed by atoms with Crippen molar-refractivity contribution in [3.8, 4) is 11.5 Å². The summed E-state index contributed by atoms with van der Waals surface area (Å²) in [7, 11) is 2.13. The fraction of sp³-hybridized carbons (Fsp3) is 0.368. The molecule has 2 aromatic rings. The van der Waals surface area contributed by atoms with Crippen molar-refractivity contribution < 1.29 is 14.3 Å². The molecule has 1 aromatic carbocycles. The van der Waals surface area contributed by atoms with Gasteiger partial charge in [0.1, 0.15) is 18.9 Å². The van der Waals surface area contributed by atoms with E-state index in [1.165, 1.54) is 0 Å². The lowest BCUT2D eigenvalue weighted by Gasteiger charge is -2.33. The predicted octanol–water partition coefficient (Wildman–Crippen LogP) is 1.86. The first-order chi connectivity index (χ1) is 12.7. The Morgan fingerprint density at radius 1 is 1.04 bits per heavy atom. The number of aromatic nitrogens is 1. The minimum absolute atomic E-state index is 0.244. The van der Waals surface area contributed by atoms with Crippen LogP contribution in [0.15, 0.2) is 36.5 Å². The molecule has 2 aliphatic rings. The quantitative estimate of drug-likeness (QED) is 0.908. The van der Waals surface area contributed by atoms with E-state index in [0.29, 0.717) is 36.1 Å². The zero-order chi connectivity index (χ0) is 17.9. The molecule has 0 atom stereocenters. The summed E-state index contributed by atoms with van der Waals surface area (Å²) >= 11 is 0. The number of ether oxygens (including phenoxy) is 2. The molecule has 1 aromatic heterocycles. The Kier molecular flexibility index (Phi) is 4.62. The van der Waals surface area contributed by atoms with Crippen LogP contribution in [0.5, 0.6) is 11.5 Å². The lowest BCUT2D eigenvalue weighted by atomic mass is 10.2. The molecular formula is C19H22N4O3. The number of anilines is 2. The predicted molar refractivity (Wildman–Crippen MR) is 99.3 cm³/mol. The van der Waals surface area contributed by atoms with Crippen LogP contribution in [0.25, 0.3) is 0 Å². The van der Waals surface area contributed by atoms with Crippen molar-refractivity contribution in [2.45, 2.75) is 0 Å². The maximum atomic E-state index is 12.4. The molecule has 1 N–H and O–H groups in total. The van der Waals surface area contributed by atoms with Gasteiger partial charge in [0.15, 0.2) is 11.5 Å². The third-order valence-corrected chi connectivity index (χ3v) is 4.65. The number of fused-ring (bicyclic) bond motifs is 1. The monoisotopic (exact) mass is 354 g/mol. The van der Waals surface area contributed by atoms with Gasteiger partial charge in [-0.15, -0.1) is 0 Å². The van der Waals surface area contributed by atoms with Crippen molar-refractivity contribution in [2.75, 3.05) is 56.7 Å². The van der Waals surface area contributed by atoms with E-state index < -0.39 is 0 Å². The number of carbonyl (C=O) groups is 1. The van der Waals surface area contributed by atoms with Gasteiger partial charge in [0.25, 0.3) is 5.91 Å². The highest BCUT2D eigenvalue weighted by atomic mass is 16.6. The van der Waals surface area contributed by atoms with Crippen molar-refractivity contribution in [1.82, 2.24) is 9.88 Å². The normalized spacial score (nSPS) is 17.0. The molecule has 2 aliphatic heterocycles. The van der Waals surface area contributed by atoms with Gasteiger partial charge >= 0.3 is 0 Å². The Morgan fingerprint density at radius 3 is 2.54 bits per heavy atom. The van der Waals surface area contributed by atoms with Crippen molar-refractivity contribution in [1.29, 1.82) is 0 Å². The second-order valence-electron chi connectivity index (χ2n) is 6.50. The lowest BCUT2D eigenvalue weighted by Crippen LogP contribution is -2.44. The Hall–Kier alpha value is -2.80. The van der Waals surface area contributed by atoms with Gasteiger partial charge in [-0.25, -0.2) is 4.98 Å². The molecule has 26 heavy (non-hydrogen) atoms.